The highest BCUT2D eigenvalue weighted by Gasteiger charge is 2.27. The van der Waals surface area contributed by atoms with Crippen molar-refractivity contribution in [2.45, 2.75) is 45.4 Å². The van der Waals surface area contributed by atoms with Crippen molar-refractivity contribution in [1.82, 2.24) is 20.2 Å². The lowest BCUT2D eigenvalue weighted by Crippen LogP contribution is -2.40. The summed E-state index contributed by atoms with van der Waals surface area (Å²) in [5.41, 5.74) is 3.49. The Hall–Kier alpha value is -2.96. The van der Waals surface area contributed by atoms with E-state index in [-0.39, 0.29) is 24.2 Å². The second-order valence-corrected chi connectivity index (χ2v) is 7.79. The Balaban J connectivity index is 1.71. The molecular formula is C23H30N4O3. The molecule has 7 nitrogen and oxygen atoms in total. The van der Waals surface area contributed by atoms with Crippen LogP contribution in [0.3, 0.4) is 0 Å². The Morgan fingerprint density at radius 2 is 1.93 bits per heavy atom. The Labute approximate surface area is 177 Å². The van der Waals surface area contributed by atoms with Crippen LogP contribution in [-0.4, -0.2) is 53.9 Å². The molecule has 0 bridgehead atoms. The summed E-state index contributed by atoms with van der Waals surface area (Å²) in [5, 5.41) is 2.64. The van der Waals surface area contributed by atoms with Crippen molar-refractivity contribution in [2.24, 2.45) is 0 Å². The summed E-state index contributed by atoms with van der Waals surface area (Å²) >= 11 is 0. The van der Waals surface area contributed by atoms with Crippen molar-refractivity contribution in [2.75, 3.05) is 27.2 Å². The molecule has 3 rings (SSSR count). The van der Waals surface area contributed by atoms with E-state index in [0.717, 1.165) is 53.5 Å². The molecule has 0 spiro atoms. The van der Waals surface area contributed by atoms with Crippen molar-refractivity contribution < 1.29 is 14.3 Å². The lowest BCUT2D eigenvalue weighted by Gasteiger charge is -2.32. The molecule has 1 N–H and O–H groups in total. The van der Waals surface area contributed by atoms with E-state index >= 15 is 0 Å². The van der Waals surface area contributed by atoms with Crippen LogP contribution in [0.15, 0.2) is 24.3 Å². The number of likely N-dealkylation sites (tertiary alicyclic amines) is 1. The fourth-order valence-corrected chi connectivity index (χ4v) is 3.94. The fourth-order valence-electron chi connectivity index (χ4n) is 3.94. The highest BCUT2D eigenvalue weighted by molar-refractivity contribution is 5.79. The maximum atomic E-state index is 12.9. The quantitative estimate of drug-likeness (QED) is 0.790. The number of aromatic nitrogens is 2. The number of likely N-dealkylation sites (N-methyl/N-ethyl adjacent to an activating group) is 1. The van der Waals surface area contributed by atoms with Crippen LogP contribution < -0.4 is 10.1 Å². The van der Waals surface area contributed by atoms with Crippen LogP contribution in [-0.2, 0) is 22.4 Å². The number of methoxy groups -OCH3 is 1. The van der Waals surface area contributed by atoms with E-state index in [1.54, 1.807) is 14.2 Å². The average molecular weight is 411 g/mol. The summed E-state index contributed by atoms with van der Waals surface area (Å²) in [4.78, 5) is 36.0. The Morgan fingerprint density at radius 3 is 2.60 bits per heavy atom. The topological polar surface area (TPSA) is 84.4 Å². The number of piperidine rings is 1. The van der Waals surface area contributed by atoms with Gasteiger partial charge < -0.3 is 15.0 Å². The van der Waals surface area contributed by atoms with Gasteiger partial charge >= 0.3 is 0 Å². The number of hydrogen-bond donors (Lipinski definition) is 1. The van der Waals surface area contributed by atoms with Crippen molar-refractivity contribution in [3.05, 3.63) is 52.6 Å². The largest absolute Gasteiger partial charge is 0.497 e. The first-order valence-corrected chi connectivity index (χ1v) is 10.4. The molecule has 1 fully saturated rings. The normalized spacial score (nSPS) is 16.3. The monoisotopic (exact) mass is 410 g/mol. The zero-order valence-electron chi connectivity index (χ0n) is 18.2. The van der Waals surface area contributed by atoms with Gasteiger partial charge in [-0.25, -0.2) is 9.97 Å². The van der Waals surface area contributed by atoms with Crippen molar-refractivity contribution in [3.8, 4) is 5.75 Å². The van der Waals surface area contributed by atoms with Crippen LogP contribution >= 0.6 is 0 Å². The number of amides is 2. The molecule has 160 valence electrons. The van der Waals surface area contributed by atoms with Gasteiger partial charge in [0.25, 0.3) is 0 Å². The van der Waals surface area contributed by atoms with Gasteiger partial charge in [0.1, 0.15) is 11.6 Å². The lowest BCUT2D eigenvalue weighted by molar-refractivity contribution is -0.131. The van der Waals surface area contributed by atoms with Crippen molar-refractivity contribution in [1.29, 1.82) is 0 Å². The van der Waals surface area contributed by atoms with Crippen molar-refractivity contribution in [3.63, 3.8) is 0 Å². The van der Waals surface area contributed by atoms with Gasteiger partial charge in [-0.05, 0) is 44.4 Å². The molecule has 0 radical (unpaired) electrons. The molecular weight excluding hydrogens is 380 g/mol. The van der Waals surface area contributed by atoms with Gasteiger partial charge in [-0.15, -0.1) is 0 Å². The van der Waals surface area contributed by atoms with E-state index in [2.05, 4.69) is 5.32 Å². The molecule has 1 unspecified atom stereocenters. The molecule has 2 heterocycles. The van der Waals surface area contributed by atoms with E-state index in [1.165, 1.54) is 0 Å². The number of rotatable bonds is 6. The number of nitrogens with one attached hydrogen (secondary N) is 1. The van der Waals surface area contributed by atoms with Gasteiger partial charge in [-0.2, -0.15) is 0 Å². The van der Waals surface area contributed by atoms with E-state index in [9.17, 15) is 9.59 Å². The lowest BCUT2D eigenvalue weighted by atomic mass is 9.95. The molecule has 7 heteroatoms. The predicted octanol–water partition coefficient (Wildman–Crippen LogP) is 2.34. The van der Waals surface area contributed by atoms with E-state index < -0.39 is 0 Å². The van der Waals surface area contributed by atoms with Crippen LogP contribution in [0, 0.1) is 13.8 Å². The van der Waals surface area contributed by atoms with E-state index in [4.69, 9.17) is 14.7 Å². The Kier molecular flexibility index (Phi) is 7.03. The molecule has 1 atom stereocenters. The summed E-state index contributed by atoms with van der Waals surface area (Å²) in [5.74, 6) is 1.69. The second-order valence-electron chi connectivity index (χ2n) is 7.79. The fraction of sp³-hybridized carbons (Fsp3) is 0.478. The minimum absolute atomic E-state index is 0.0514. The Morgan fingerprint density at radius 1 is 1.20 bits per heavy atom. The van der Waals surface area contributed by atoms with Gasteiger partial charge in [-0.1, -0.05) is 12.1 Å². The smallest absolute Gasteiger partial charge is 0.227 e. The molecule has 2 aromatic rings. The second kappa shape index (κ2) is 9.69. The first-order chi connectivity index (χ1) is 14.4. The highest BCUT2D eigenvalue weighted by atomic mass is 16.5. The third-order valence-electron chi connectivity index (χ3n) is 5.68. The average Bonchev–Trinajstić information content (AvgIpc) is 2.76. The molecule has 1 aliphatic heterocycles. The summed E-state index contributed by atoms with van der Waals surface area (Å²) in [6.45, 7) is 5.22. The van der Waals surface area contributed by atoms with Crippen LogP contribution in [0.5, 0.6) is 5.75 Å². The summed E-state index contributed by atoms with van der Waals surface area (Å²) < 4.78 is 5.25. The van der Waals surface area contributed by atoms with E-state index in [1.807, 2.05) is 43.0 Å². The summed E-state index contributed by atoms with van der Waals surface area (Å²) in [7, 11) is 3.25. The molecule has 30 heavy (non-hydrogen) atoms. The minimum Gasteiger partial charge on any atom is -0.497 e. The maximum Gasteiger partial charge on any atom is 0.227 e. The number of benzene rings is 1. The van der Waals surface area contributed by atoms with Gasteiger partial charge in [0, 0.05) is 43.0 Å². The zero-order valence-corrected chi connectivity index (χ0v) is 18.2. The molecule has 1 aromatic carbocycles. The van der Waals surface area contributed by atoms with Gasteiger partial charge in [0.15, 0.2) is 0 Å². The SMILES string of the molecule is CNC(=O)Cc1c(C)nc(C2CCCN(C(=O)Cc3cccc(OC)c3)C2)nc1C. The first kappa shape index (κ1) is 21.7. The van der Waals surface area contributed by atoms with Crippen LogP contribution in [0.1, 0.15) is 47.1 Å². The van der Waals surface area contributed by atoms with Gasteiger partial charge in [0.2, 0.25) is 11.8 Å². The third kappa shape index (κ3) is 5.14. The molecule has 1 aromatic heterocycles. The van der Waals surface area contributed by atoms with Crippen LogP contribution in [0.25, 0.3) is 0 Å². The summed E-state index contributed by atoms with van der Waals surface area (Å²) in [6.07, 6.45) is 2.52. The number of nitrogens with zero attached hydrogens (tertiary/aromatic N) is 3. The van der Waals surface area contributed by atoms with Crippen LogP contribution in [0.4, 0.5) is 0 Å². The number of aryl methyl sites for hydroxylation is 2. The third-order valence-corrected chi connectivity index (χ3v) is 5.68. The molecule has 1 aliphatic rings. The zero-order chi connectivity index (χ0) is 21.7. The standard InChI is InChI=1S/C23H30N4O3/c1-15-20(13-21(28)24-3)16(2)26-23(25-15)18-8-6-10-27(14-18)22(29)12-17-7-5-9-19(11-17)30-4/h5,7,9,11,18H,6,8,10,12-14H2,1-4H3,(H,24,28). The van der Waals surface area contributed by atoms with Gasteiger partial charge in [0.05, 0.1) is 20.0 Å². The highest BCUT2D eigenvalue weighted by Crippen LogP contribution is 2.27. The molecule has 0 aliphatic carbocycles. The Bertz CT molecular complexity index is 905. The van der Waals surface area contributed by atoms with E-state index in [0.29, 0.717) is 13.0 Å². The maximum absolute atomic E-state index is 12.9. The molecule has 2 amide bonds. The molecule has 1 saturated heterocycles. The first-order valence-electron chi connectivity index (χ1n) is 10.4. The molecule has 0 saturated carbocycles. The van der Waals surface area contributed by atoms with Crippen LogP contribution in [0.2, 0.25) is 0 Å². The number of carbonyl (C=O) groups is 2. The number of ether oxygens (including phenoxy) is 1. The van der Waals surface area contributed by atoms with Gasteiger partial charge in [-0.3, -0.25) is 9.59 Å². The van der Waals surface area contributed by atoms with Crippen molar-refractivity contribution >= 4 is 11.8 Å². The number of hydrogen-bond acceptors (Lipinski definition) is 5. The minimum atomic E-state index is -0.0514. The summed E-state index contributed by atoms with van der Waals surface area (Å²) in [6, 6.07) is 7.63. The predicted molar refractivity (Wildman–Crippen MR) is 115 cm³/mol. The number of carbonyl (C=O) groups excluding carboxylic acids is 2.